The van der Waals surface area contributed by atoms with Gasteiger partial charge in [-0.2, -0.15) is 4.99 Å². The minimum atomic E-state index is -0.183. The molecule has 110 valence electrons. The maximum Gasteiger partial charge on any atom is 0.286 e. The molecule has 1 aromatic carbocycles. The van der Waals surface area contributed by atoms with Crippen LogP contribution in [0.1, 0.15) is 25.3 Å². The molecule has 1 fully saturated rings. The first-order valence-electron chi connectivity index (χ1n) is 7.18. The highest BCUT2D eigenvalue weighted by Gasteiger charge is 2.28. The minimum absolute atomic E-state index is 0.183. The number of amides is 1. The second-order valence-corrected chi connectivity index (χ2v) is 6.58. The number of hydrogen-bond donors (Lipinski definition) is 1. The Kier molecular flexibility index (Phi) is 4.01. The molecule has 0 atom stereocenters. The number of carbonyl (C=O) groups is 1. The summed E-state index contributed by atoms with van der Waals surface area (Å²) >= 11 is 1.43. The number of phenols is 1. The van der Waals surface area contributed by atoms with Crippen LogP contribution in [0, 0.1) is 5.92 Å². The molecule has 0 unspecified atom stereocenters. The number of amidine groups is 1. The third-order valence-corrected chi connectivity index (χ3v) is 4.88. The van der Waals surface area contributed by atoms with E-state index >= 15 is 0 Å². The molecule has 2 heterocycles. The zero-order valence-corrected chi connectivity index (χ0v) is 12.8. The lowest BCUT2D eigenvalue weighted by molar-refractivity contribution is -0.113. The molecule has 0 aliphatic carbocycles. The largest absolute Gasteiger partial charge is 0.508 e. The van der Waals surface area contributed by atoms with Crippen LogP contribution < -0.4 is 0 Å². The van der Waals surface area contributed by atoms with Crippen LogP contribution in [0.25, 0.3) is 6.08 Å². The Labute approximate surface area is 128 Å². The van der Waals surface area contributed by atoms with Crippen molar-refractivity contribution in [3.05, 3.63) is 34.7 Å². The van der Waals surface area contributed by atoms with Crippen molar-refractivity contribution in [1.82, 2.24) is 4.90 Å². The average molecular weight is 302 g/mol. The van der Waals surface area contributed by atoms with E-state index in [4.69, 9.17) is 0 Å². The van der Waals surface area contributed by atoms with E-state index in [0.29, 0.717) is 4.91 Å². The molecule has 0 radical (unpaired) electrons. The van der Waals surface area contributed by atoms with Gasteiger partial charge >= 0.3 is 0 Å². The van der Waals surface area contributed by atoms with E-state index in [2.05, 4.69) is 16.8 Å². The zero-order chi connectivity index (χ0) is 14.8. The van der Waals surface area contributed by atoms with Crippen LogP contribution in [0.3, 0.4) is 0 Å². The summed E-state index contributed by atoms with van der Waals surface area (Å²) in [6, 6.07) is 6.88. The Balaban J connectivity index is 1.73. The van der Waals surface area contributed by atoms with Gasteiger partial charge in [-0.25, -0.2) is 0 Å². The number of benzene rings is 1. The van der Waals surface area contributed by atoms with Crippen LogP contribution in [0.2, 0.25) is 0 Å². The van der Waals surface area contributed by atoms with Crippen molar-refractivity contribution >= 4 is 28.9 Å². The average Bonchev–Trinajstić information content (AvgIpc) is 2.81. The van der Waals surface area contributed by atoms with Gasteiger partial charge in [0, 0.05) is 13.1 Å². The van der Waals surface area contributed by atoms with E-state index in [1.807, 2.05) is 6.07 Å². The minimum Gasteiger partial charge on any atom is -0.508 e. The van der Waals surface area contributed by atoms with Crippen molar-refractivity contribution in [2.45, 2.75) is 19.8 Å². The van der Waals surface area contributed by atoms with E-state index < -0.39 is 0 Å². The van der Waals surface area contributed by atoms with Gasteiger partial charge in [0.25, 0.3) is 5.91 Å². The van der Waals surface area contributed by atoms with Crippen LogP contribution in [-0.4, -0.2) is 34.2 Å². The van der Waals surface area contributed by atoms with Crippen LogP contribution >= 0.6 is 11.8 Å². The number of phenolic OH excluding ortho intramolecular Hbond substituents is 1. The molecule has 2 aliphatic heterocycles. The zero-order valence-electron chi connectivity index (χ0n) is 12.0. The highest BCUT2D eigenvalue weighted by Crippen LogP contribution is 2.32. The first kappa shape index (κ1) is 14.2. The summed E-state index contributed by atoms with van der Waals surface area (Å²) < 4.78 is 0. The molecule has 4 nitrogen and oxygen atoms in total. The predicted molar refractivity (Wildman–Crippen MR) is 86.1 cm³/mol. The fourth-order valence-electron chi connectivity index (χ4n) is 2.50. The number of nitrogens with zero attached hydrogens (tertiary/aromatic N) is 2. The maximum absolute atomic E-state index is 12.0. The van der Waals surface area contributed by atoms with E-state index in [1.165, 1.54) is 11.8 Å². The van der Waals surface area contributed by atoms with Crippen LogP contribution in [0.5, 0.6) is 5.75 Å². The fourth-order valence-corrected chi connectivity index (χ4v) is 3.46. The number of aliphatic imine (C=N–C) groups is 1. The molecule has 1 saturated heterocycles. The summed E-state index contributed by atoms with van der Waals surface area (Å²) in [6.45, 7) is 4.21. The lowest BCUT2D eigenvalue weighted by atomic mass is 10.00. The highest BCUT2D eigenvalue weighted by molar-refractivity contribution is 8.18. The predicted octanol–water partition coefficient (Wildman–Crippen LogP) is 3.09. The first-order chi connectivity index (χ1) is 10.1. The summed E-state index contributed by atoms with van der Waals surface area (Å²) in [4.78, 5) is 19.0. The molecule has 0 spiro atoms. The third-order valence-electron chi connectivity index (χ3n) is 3.83. The SMILES string of the molecule is CC1CCN(C2=NC(=O)/C(=C/c3cccc(O)c3)S2)CC1. The summed E-state index contributed by atoms with van der Waals surface area (Å²) in [6.07, 6.45) is 4.09. The molecule has 1 N–H and O–H groups in total. The number of carbonyl (C=O) groups excluding carboxylic acids is 1. The molecule has 5 heteroatoms. The van der Waals surface area contributed by atoms with Gasteiger partial charge in [-0.3, -0.25) is 4.79 Å². The van der Waals surface area contributed by atoms with E-state index in [0.717, 1.165) is 42.6 Å². The van der Waals surface area contributed by atoms with Crippen molar-refractivity contribution in [2.75, 3.05) is 13.1 Å². The van der Waals surface area contributed by atoms with Crippen molar-refractivity contribution in [1.29, 1.82) is 0 Å². The van der Waals surface area contributed by atoms with Gasteiger partial charge in [0.1, 0.15) is 5.75 Å². The lowest BCUT2D eigenvalue weighted by Gasteiger charge is -2.30. The molecule has 2 aliphatic rings. The maximum atomic E-state index is 12.0. The van der Waals surface area contributed by atoms with Gasteiger partial charge in [-0.1, -0.05) is 19.1 Å². The smallest absolute Gasteiger partial charge is 0.286 e. The van der Waals surface area contributed by atoms with Gasteiger partial charge in [0.15, 0.2) is 5.17 Å². The number of thioether (sulfide) groups is 1. The van der Waals surface area contributed by atoms with Gasteiger partial charge in [-0.15, -0.1) is 0 Å². The second-order valence-electron chi connectivity index (χ2n) is 5.57. The molecule has 0 aromatic heterocycles. The van der Waals surface area contributed by atoms with Gasteiger partial charge in [0.05, 0.1) is 4.91 Å². The topological polar surface area (TPSA) is 52.9 Å². The summed E-state index contributed by atoms with van der Waals surface area (Å²) in [7, 11) is 0. The molecule has 0 bridgehead atoms. The monoisotopic (exact) mass is 302 g/mol. The molecule has 21 heavy (non-hydrogen) atoms. The van der Waals surface area contributed by atoms with Crippen LogP contribution in [0.15, 0.2) is 34.2 Å². The number of likely N-dealkylation sites (tertiary alicyclic amines) is 1. The standard InChI is InChI=1S/C16H18N2O2S/c1-11-5-7-18(8-6-11)16-17-15(20)14(21-16)10-12-3-2-4-13(19)9-12/h2-4,9-11,19H,5-8H2,1H3/b14-10-. The Hall–Kier alpha value is -1.75. The number of aromatic hydroxyl groups is 1. The van der Waals surface area contributed by atoms with Crippen molar-refractivity contribution in [2.24, 2.45) is 10.9 Å². The van der Waals surface area contributed by atoms with E-state index in [9.17, 15) is 9.90 Å². The third kappa shape index (κ3) is 3.29. The summed E-state index contributed by atoms with van der Waals surface area (Å²) in [5.74, 6) is 0.772. The number of rotatable bonds is 1. The molecule has 0 saturated carbocycles. The Morgan fingerprint density at radius 3 is 2.86 bits per heavy atom. The second kappa shape index (κ2) is 5.93. The number of hydrogen-bond acceptors (Lipinski definition) is 4. The van der Waals surface area contributed by atoms with Crippen LogP contribution in [0.4, 0.5) is 0 Å². The number of piperidine rings is 1. The van der Waals surface area contributed by atoms with E-state index in [-0.39, 0.29) is 11.7 Å². The molecule has 1 aromatic rings. The fraction of sp³-hybridized carbons (Fsp3) is 0.375. The van der Waals surface area contributed by atoms with Crippen molar-refractivity contribution in [3.63, 3.8) is 0 Å². The molecule has 1 amide bonds. The van der Waals surface area contributed by atoms with Gasteiger partial charge in [0.2, 0.25) is 0 Å². The Bertz CT molecular complexity index is 616. The normalized spacial score (nSPS) is 22.0. The quantitative estimate of drug-likeness (QED) is 0.810. The van der Waals surface area contributed by atoms with Crippen molar-refractivity contribution < 1.29 is 9.90 Å². The molecular weight excluding hydrogens is 284 g/mol. The Morgan fingerprint density at radius 2 is 2.14 bits per heavy atom. The van der Waals surface area contributed by atoms with Gasteiger partial charge < -0.3 is 10.0 Å². The Morgan fingerprint density at radius 1 is 1.38 bits per heavy atom. The molecule has 3 rings (SSSR count). The lowest BCUT2D eigenvalue weighted by Crippen LogP contribution is -2.35. The molecular formula is C16H18N2O2S. The highest BCUT2D eigenvalue weighted by atomic mass is 32.2. The van der Waals surface area contributed by atoms with Gasteiger partial charge in [-0.05, 0) is 54.3 Å². The summed E-state index contributed by atoms with van der Waals surface area (Å²) in [5, 5.41) is 10.3. The van der Waals surface area contributed by atoms with E-state index in [1.54, 1.807) is 24.3 Å². The first-order valence-corrected chi connectivity index (χ1v) is 8.00. The van der Waals surface area contributed by atoms with Crippen LogP contribution in [-0.2, 0) is 4.79 Å². The summed E-state index contributed by atoms with van der Waals surface area (Å²) in [5.41, 5.74) is 0.814. The van der Waals surface area contributed by atoms with Crippen molar-refractivity contribution in [3.8, 4) is 5.75 Å².